The first-order valence-electron chi connectivity index (χ1n) is 9.12. The molecule has 4 rings (SSSR count). The lowest BCUT2D eigenvalue weighted by atomic mass is 10.0. The number of rotatable bonds is 4. The molecule has 0 saturated heterocycles. The third-order valence-corrected chi connectivity index (χ3v) is 4.62. The largest absolute Gasteiger partial charge is 0.426 e. The highest BCUT2D eigenvalue weighted by atomic mass is 16.6. The van der Waals surface area contributed by atoms with Crippen molar-refractivity contribution < 1.29 is 18.7 Å². The van der Waals surface area contributed by atoms with E-state index < -0.39 is 0 Å². The van der Waals surface area contributed by atoms with E-state index in [1.54, 1.807) is 0 Å². The number of hydrogen-bond donors (Lipinski definition) is 0. The number of nitrogens with zero attached hydrogens (tertiary/aromatic N) is 2. The number of aryl methyl sites for hydroxylation is 2. The Morgan fingerprint density at radius 3 is 2.61 bits per heavy atom. The highest BCUT2D eigenvalue weighted by Gasteiger charge is 2.17. The zero-order valence-electron chi connectivity index (χ0n) is 16.2. The van der Waals surface area contributed by atoms with E-state index in [0.29, 0.717) is 22.5 Å². The quantitative estimate of drug-likeness (QED) is 0.452. The number of benzene rings is 2. The Kier molecular flexibility index (Phi) is 4.47. The molecule has 142 valence electrons. The number of pyridine rings is 1. The first-order valence-corrected chi connectivity index (χ1v) is 9.12. The van der Waals surface area contributed by atoms with E-state index in [-0.39, 0.29) is 12.0 Å². The third kappa shape index (κ3) is 3.17. The van der Waals surface area contributed by atoms with Crippen LogP contribution in [0.3, 0.4) is 0 Å². The number of carbonyl (C=O) groups is 1. The standard InChI is InChI=1S/C22H20N2O4/c1-5-16-13(3)21(26-14(4)25)15-11-20(12(2)10-18(15)23-16)28-22-24-17-8-6-7-9-19(17)27-22/h6-11H,5H2,1-4H3. The second-order valence-electron chi connectivity index (χ2n) is 6.64. The monoisotopic (exact) mass is 376 g/mol. The molecule has 4 aromatic rings. The van der Waals surface area contributed by atoms with E-state index in [4.69, 9.17) is 18.9 Å². The molecule has 2 aromatic carbocycles. The summed E-state index contributed by atoms with van der Waals surface area (Å²) >= 11 is 0. The van der Waals surface area contributed by atoms with E-state index >= 15 is 0 Å². The maximum atomic E-state index is 11.7. The molecule has 28 heavy (non-hydrogen) atoms. The second-order valence-corrected chi connectivity index (χ2v) is 6.64. The summed E-state index contributed by atoms with van der Waals surface area (Å²) in [5.41, 5.74) is 4.75. The number of ether oxygens (including phenoxy) is 2. The van der Waals surface area contributed by atoms with Crippen molar-refractivity contribution in [3.63, 3.8) is 0 Å². The van der Waals surface area contributed by atoms with Gasteiger partial charge in [-0.3, -0.25) is 9.78 Å². The fourth-order valence-electron chi connectivity index (χ4n) is 3.23. The molecule has 0 aliphatic rings. The summed E-state index contributed by atoms with van der Waals surface area (Å²) in [6.07, 6.45) is 0.906. The molecule has 0 spiro atoms. The summed E-state index contributed by atoms with van der Waals surface area (Å²) in [5, 5.41) is 0.710. The van der Waals surface area contributed by atoms with Crippen LogP contribution in [0.15, 0.2) is 40.8 Å². The number of para-hydroxylation sites is 2. The first-order chi connectivity index (χ1) is 13.5. The van der Waals surface area contributed by atoms with Crippen LogP contribution in [0.5, 0.6) is 17.6 Å². The number of hydrogen-bond acceptors (Lipinski definition) is 6. The van der Waals surface area contributed by atoms with Gasteiger partial charge < -0.3 is 13.9 Å². The minimum Gasteiger partial charge on any atom is -0.426 e. The molecule has 0 fully saturated rings. The van der Waals surface area contributed by atoms with E-state index in [9.17, 15) is 4.79 Å². The smallest absolute Gasteiger partial charge is 0.400 e. The van der Waals surface area contributed by atoms with Crippen molar-refractivity contribution in [2.45, 2.75) is 34.1 Å². The van der Waals surface area contributed by atoms with Crippen molar-refractivity contribution in [3.8, 4) is 17.6 Å². The van der Waals surface area contributed by atoms with Crippen LogP contribution in [0.4, 0.5) is 0 Å². The van der Waals surface area contributed by atoms with Crippen LogP contribution in [0.1, 0.15) is 30.7 Å². The van der Waals surface area contributed by atoms with Crippen LogP contribution < -0.4 is 9.47 Å². The maximum absolute atomic E-state index is 11.7. The van der Waals surface area contributed by atoms with Gasteiger partial charge in [0.05, 0.1) is 5.52 Å². The van der Waals surface area contributed by atoms with E-state index in [0.717, 1.165) is 34.3 Å². The molecule has 0 amide bonds. The summed E-state index contributed by atoms with van der Waals surface area (Å²) in [4.78, 5) is 20.7. The topological polar surface area (TPSA) is 74.5 Å². The number of aromatic nitrogens is 2. The van der Waals surface area contributed by atoms with Crippen molar-refractivity contribution in [3.05, 3.63) is 53.2 Å². The highest BCUT2D eigenvalue weighted by Crippen LogP contribution is 2.37. The number of fused-ring (bicyclic) bond motifs is 2. The minimum absolute atomic E-state index is 0.160. The average Bonchev–Trinajstić information content (AvgIpc) is 3.07. The van der Waals surface area contributed by atoms with Gasteiger partial charge in [0, 0.05) is 23.6 Å². The highest BCUT2D eigenvalue weighted by molar-refractivity contribution is 5.91. The molecule has 6 heteroatoms. The number of oxazole rings is 1. The molecule has 0 saturated carbocycles. The zero-order chi connectivity index (χ0) is 19.8. The molecule has 0 bridgehead atoms. The SMILES string of the molecule is CCc1nc2cc(C)c(Oc3nc4ccccc4o3)cc2c(OC(C)=O)c1C. The summed E-state index contributed by atoms with van der Waals surface area (Å²) < 4.78 is 17.1. The molecule has 6 nitrogen and oxygen atoms in total. The molecule has 0 N–H and O–H groups in total. The van der Waals surface area contributed by atoms with Crippen molar-refractivity contribution in [2.75, 3.05) is 0 Å². The molecule has 2 heterocycles. The van der Waals surface area contributed by atoms with Crippen LogP contribution >= 0.6 is 0 Å². The lowest BCUT2D eigenvalue weighted by Crippen LogP contribution is -2.06. The summed E-state index contributed by atoms with van der Waals surface area (Å²) in [6.45, 7) is 7.25. The van der Waals surface area contributed by atoms with Gasteiger partial charge in [-0.25, -0.2) is 0 Å². The van der Waals surface area contributed by atoms with Gasteiger partial charge in [-0.15, -0.1) is 0 Å². The lowest BCUT2D eigenvalue weighted by Gasteiger charge is -2.15. The van der Waals surface area contributed by atoms with Gasteiger partial charge in [0.2, 0.25) is 0 Å². The zero-order valence-corrected chi connectivity index (χ0v) is 16.2. The Balaban J connectivity index is 1.84. The van der Waals surface area contributed by atoms with Crippen molar-refractivity contribution >= 4 is 28.0 Å². The van der Waals surface area contributed by atoms with Gasteiger partial charge in [0.1, 0.15) is 17.0 Å². The van der Waals surface area contributed by atoms with Crippen LogP contribution in [0, 0.1) is 13.8 Å². The van der Waals surface area contributed by atoms with Gasteiger partial charge in [0.15, 0.2) is 5.58 Å². The van der Waals surface area contributed by atoms with Gasteiger partial charge in [-0.1, -0.05) is 19.1 Å². The van der Waals surface area contributed by atoms with Crippen molar-refractivity contribution in [1.82, 2.24) is 9.97 Å². The lowest BCUT2D eigenvalue weighted by molar-refractivity contribution is -0.131. The maximum Gasteiger partial charge on any atom is 0.400 e. The third-order valence-electron chi connectivity index (χ3n) is 4.62. The molecular weight excluding hydrogens is 356 g/mol. The summed E-state index contributed by atoms with van der Waals surface area (Å²) in [5.74, 6) is 0.703. The van der Waals surface area contributed by atoms with E-state index in [1.807, 2.05) is 57.2 Å². The Morgan fingerprint density at radius 2 is 1.89 bits per heavy atom. The summed E-state index contributed by atoms with van der Waals surface area (Å²) in [7, 11) is 0. The van der Waals surface area contributed by atoms with Gasteiger partial charge in [-0.2, -0.15) is 4.98 Å². The predicted molar refractivity (Wildman–Crippen MR) is 106 cm³/mol. The predicted octanol–water partition coefficient (Wildman–Crippen LogP) is 5.27. The van der Waals surface area contributed by atoms with E-state index in [1.165, 1.54) is 6.92 Å². The first kappa shape index (κ1) is 18.0. The van der Waals surface area contributed by atoms with Crippen LogP contribution in [-0.2, 0) is 11.2 Å². The van der Waals surface area contributed by atoms with Crippen LogP contribution in [0.25, 0.3) is 22.0 Å². The van der Waals surface area contributed by atoms with Crippen LogP contribution in [-0.4, -0.2) is 15.9 Å². The second kappa shape index (κ2) is 6.96. The Hall–Kier alpha value is -3.41. The number of esters is 1. The van der Waals surface area contributed by atoms with Crippen molar-refractivity contribution in [1.29, 1.82) is 0 Å². The molecule has 2 aromatic heterocycles. The molecular formula is C22H20N2O4. The molecule has 0 unspecified atom stereocenters. The fraction of sp³-hybridized carbons (Fsp3) is 0.227. The molecule has 0 aliphatic heterocycles. The summed E-state index contributed by atoms with van der Waals surface area (Å²) in [6, 6.07) is 11.2. The normalized spacial score (nSPS) is 11.1. The average molecular weight is 376 g/mol. The van der Waals surface area contributed by atoms with Crippen molar-refractivity contribution in [2.24, 2.45) is 0 Å². The molecule has 0 atom stereocenters. The Bertz CT molecular complexity index is 1180. The molecule has 0 radical (unpaired) electrons. The Labute approximate surface area is 162 Å². The minimum atomic E-state index is -0.375. The fourth-order valence-corrected chi connectivity index (χ4v) is 3.23. The van der Waals surface area contributed by atoms with Gasteiger partial charge >= 0.3 is 12.0 Å². The number of carbonyl (C=O) groups excluding carboxylic acids is 1. The van der Waals surface area contributed by atoms with Crippen LogP contribution in [0.2, 0.25) is 0 Å². The van der Waals surface area contributed by atoms with Gasteiger partial charge in [0.25, 0.3) is 0 Å². The Morgan fingerprint density at radius 1 is 1.11 bits per heavy atom. The molecule has 0 aliphatic carbocycles. The van der Waals surface area contributed by atoms with Gasteiger partial charge in [-0.05, 0) is 50.1 Å². The van der Waals surface area contributed by atoms with E-state index in [2.05, 4.69) is 4.98 Å².